The normalized spacial score (nSPS) is 37.3. The minimum absolute atomic E-state index is 0.147. The maximum Gasteiger partial charge on any atom is 0.129 e. The van der Waals surface area contributed by atoms with Crippen LogP contribution in [0.15, 0.2) is 18.2 Å². The van der Waals surface area contributed by atoms with Gasteiger partial charge in [0.15, 0.2) is 0 Å². The van der Waals surface area contributed by atoms with Gasteiger partial charge in [0.1, 0.15) is 27.7 Å². The van der Waals surface area contributed by atoms with Crippen LogP contribution < -0.4 is 5.73 Å². The summed E-state index contributed by atoms with van der Waals surface area (Å²) in [6.07, 6.45) is 1.50. The first-order chi connectivity index (χ1) is 12.7. The summed E-state index contributed by atoms with van der Waals surface area (Å²) < 4.78 is 54.9. The van der Waals surface area contributed by atoms with Gasteiger partial charge in [-0.2, -0.15) is 0 Å². The van der Waals surface area contributed by atoms with Crippen molar-refractivity contribution >= 4 is 9.92 Å². The molecule has 3 N–H and O–H groups in total. The van der Waals surface area contributed by atoms with Gasteiger partial charge in [-0.3, -0.25) is 4.90 Å². The fourth-order valence-electron chi connectivity index (χ4n) is 4.72. The standard InChI is InChI=1S/C18H26F2N4O2S/c1-27(22,25)24-8-11-6-23(7-12(11)9-24)14-5-17(21)18(26-10-14)15-4-13(19)2-3-16(15)20/h2-4,11-12,14,17-18,22H,5-10,21H2,1H3/t11?,12?,14-,17+,18-,27?/m1/s1. The molecule has 150 valence electrons. The summed E-state index contributed by atoms with van der Waals surface area (Å²) in [6, 6.07) is 3.11. The van der Waals surface area contributed by atoms with E-state index >= 15 is 0 Å². The van der Waals surface area contributed by atoms with E-state index in [1.165, 1.54) is 6.26 Å². The number of halogens is 2. The lowest BCUT2D eigenvalue weighted by molar-refractivity contribution is -0.0485. The van der Waals surface area contributed by atoms with Crippen LogP contribution in [0.5, 0.6) is 0 Å². The van der Waals surface area contributed by atoms with E-state index in [0.29, 0.717) is 38.0 Å². The maximum atomic E-state index is 14.1. The molecule has 0 spiro atoms. The minimum Gasteiger partial charge on any atom is -0.370 e. The van der Waals surface area contributed by atoms with Gasteiger partial charge in [-0.05, 0) is 36.5 Å². The number of nitrogens with zero attached hydrogens (tertiary/aromatic N) is 2. The van der Waals surface area contributed by atoms with Gasteiger partial charge < -0.3 is 10.5 Å². The second kappa shape index (κ2) is 7.04. The number of fused-ring (bicyclic) bond motifs is 1. The van der Waals surface area contributed by atoms with Crippen LogP contribution in [0.4, 0.5) is 8.78 Å². The summed E-state index contributed by atoms with van der Waals surface area (Å²) in [4.78, 5) is 2.35. The third-order valence-electron chi connectivity index (χ3n) is 6.16. The largest absolute Gasteiger partial charge is 0.370 e. The van der Waals surface area contributed by atoms with Crippen molar-refractivity contribution < 1.29 is 17.7 Å². The molecule has 3 heterocycles. The zero-order valence-electron chi connectivity index (χ0n) is 15.3. The Labute approximate surface area is 158 Å². The van der Waals surface area contributed by atoms with Gasteiger partial charge in [0.2, 0.25) is 0 Å². The van der Waals surface area contributed by atoms with Gasteiger partial charge in [-0.25, -0.2) is 22.1 Å². The first kappa shape index (κ1) is 19.2. The summed E-state index contributed by atoms with van der Waals surface area (Å²) >= 11 is 0. The molecule has 3 fully saturated rings. The number of nitrogens with two attached hydrogens (primary N) is 1. The molecule has 4 rings (SSSR count). The molecule has 0 aliphatic carbocycles. The number of nitrogens with one attached hydrogen (secondary N) is 1. The van der Waals surface area contributed by atoms with Crippen molar-refractivity contribution in [3.05, 3.63) is 35.4 Å². The molecule has 0 amide bonds. The Bertz CT molecular complexity index is 808. The van der Waals surface area contributed by atoms with Crippen LogP contribution in [0.25, 0.3) is 0 Å². The van der Waals surface area contributed by atoms with E-state index in [9.17, 15) is 13.0 Å². The number of hydrogen-bond acceptors (Lipinski definition) is 5. The van der Waals surface area contributed by atoms with Crippen molar-refractivity contribution in [2.75, 3.05) is 39.0 Å². The fraction of sp³-hybridized carbons (Fsp3) is 0.667. The Morgan fingerprint density at radius 3 is 2.48 bits per heavy atom. The molecule has 9 heteroatoms. The number of hydrogen-bond donors (Lipinski definition) is 2. The molecule has 0 aromatic heterocycles. The molecule has 3 aliphatic rings. The third-order valence-corrected chi connectivity index (χ3v) is 7.44. The second-order valence-electron chi connectivity index (χ2n) is 8.10. The van der Waals surface area contributed by atoms with Gasteiger partial charge in [0, 0.05) is 50.1 Å². The van der Waals surface area contributed by atoms with Crippen molar-refractivity contribution in [3.8, 4) is 0 Å². The second-order valence-corrected chi connectivity index (χ2v) is 10.2. The number of rotatable bonds is 3. The molecular formula is C18H26F2N4O2S. The van der Waals surface area contributed by atoms with E-state index in [1.54, 1.807) is 4.31 Å². The van der Waals surface area contributed by atoms with E-state index in [-0.39, 0.29) is 11.6 Å². The summed E-state index contributed by atoms with van der Waals surface area (Å²) in [7, 11) is -2.64. The summed E-state index contributed by atoms with van der Waals surface area (Å²) in [6.45, 7) is 3.56. The van der Waals surface area contributed by atoms with Crippen LogP contribution in [0.2, 0.25) is 0 Å². The van der Waals surface area contributed by atoms with Crippen LogP contribution >= 0.6 is 0 Å². The molecule has 6 nitrogen and oxygen atoms in total. The van der Waals surface area contributed by atoms with Gasteiger partial charge in [-0.15, -0.1) is 0 Å². The van der Waals surface area contributed by atoms with Crippen LogP contribution in [-0.2, 0) is 14.7 Å². The van der Waals surface area contributed by atoms with E-state index < -0.39 is 33.7 Å². The average Bonchev–Trinajstić information content (AvgIpc) is 3.16. The van der Waals surface area contributed by atoms with Crippen LogP contribution in [0, 0.1) is 28.2 Å². The molecule has 3 aliphatic heterocycles. The smallest absolute Gasteiger partial charge is 0.129 e. The van der Waals surface area contributed by atoms with Crippen molar-refractivity contribution in [2.24, 2.45) is 17.6 Å². The maximum absolute atomic E-state index is 14.1. The lowest BCUT2D eigenvalue weighted by Gasteiger charge is -2.39. The predicted octanol–water partition coefficient (Wildman–Crippen LogP) is 1.58. The van der Waals surface area contributed by atoms with E-state index in [4.69, 9.17) is 15.3 Å². The topological polar surface area (TPSA) is 82.7 Å². The van der Waals surface area contributed by atoms with Crippen molar-refractivity contribution in [3.63, 3.8) is 0 Å². The molecule has 1 aromatic rings. The van der Waals surface area contributed by atoms with Crippen molar-refractivity contribution in [1.29, 1.82) is 4.78 Å². The van der Waals surface area contributed by atoms with Crippen LogP contribution in [0.3, 0.4) is 0 Å². The summed E-state index contributed by atoms with van der Waals surface area (Å²) in [5.41, 5.74) is 6.45. The van der Waals surface area contributed by atoms with E-state index in [0.717, 1.165) is 31.3 Å². The quantitative estimate of drug-likeness (QED) is 0.807. The van der Waals surface area contributed by atoms with Gasteiger partial charge in [0.25, 0.3) is 0 Å². The highest BCUT2D eigenvalue weighted by molar-refractivity contribution is 7.89. The predicted molar refractivity (Wildman–Crippen MR) is 98.3 cm³/mol. The van der Waals surface area contributed by atoms with E-state index in [1.807, 2.05) is 0 Å². The molecule has 1 aromatic carbocycles. The Morgan fingerprint density at radius 2 is 1.89 bits per heavy atom. The zero-order valence-corrected chi connectivity index (χ0v) is 16.1. The minimum atomic E-state index is -2.64. The fourth-order valence-corrected chi connectivity index (χ4v) is 5.67. The SMILES string of the molecule is CS(=N)(=O)N1CC2CN([C@H]3CO[C@H](c4cc(F)ccc4F)[C@@H](N)C3)CC2C1. The summed E-state index contributed by atoms with van der Waals surface area (Å²) in [5.74, 6) is -0.177. The molecule has 0 radical (unpaired) electrons. The van der Waals surface area contributed by atoms with Gasteiger partial charge in [-0.1, -0.05) is 0 Å². The Morgan fingerprint density at radius 1 is 1.22 bits per heavy atom. The zero-order chi connectivity index (χ0) is 19.3. The van der Waals surface area contributed by atoms with Gasteiger partial charge >= 0.3 is 0 Å². The van der Waals surface area contributed by atoms with Crippen molar-refractivity contribution in [2.45, 2.75) is 24.6 Å². The first-order valence-corrected chi connectivity index (χ1v) is 11.2. The molecule has 6 atom stereocenters. The Kier molecular flexibility index (Phi) is 5.00. The van der Waals surface area contributed by atoms with Crippen LogP contribution in [-0.4, -0.2) is 64.5 Å². The number of benzene rings is 1. The highest BCUT2D eigenvalue weighted by atomic mass is 32.2. The molecule has 0 bridgehead atoms. The van der Waals surface area contributed by atoms with Gasteiger partial charge in [0.05, 0.1) is 6.61 Å². The Balaban J connectivity index is 1.38. The molecule has 0 saturated carbocycles. The molecule has 3 unspecified atom stereocenters. The van der Waals surface area contributed by atoms with E-state index in [2.05, 4.69) is 4.90 Å². The highest BCUT2D eigenvalue weighted by Crippen LogP contribution is 2.37. The highest BCUT2D eigenvalue weighted by Gasteiger charge is 2.45. The lowest BCUT2D eigenvalue weighted by Crippen LogP contribution is -2.49. The monoisotopic (exact) mass is 400 g/mol. The molecule has 3 saturated heterocycles. The third kappa shape index (κ3) is 3.75. The number of ether oxygens (including phenoxy) is 1. The summed E-state index contributed by atoms with van der Waals surface area (Å²) in [5, 5.41) is 0. The Hall–Kier alpha value is -1.13. The average molecular weight is 400 g/mol. The lowest BCUT2D eigenvalue weighted by atomic mass is 9.93. The van der Waals surface area contributed by atoms with Crippen molar-refractivity contribution in [1.82, 2.24) is 9.21 Å². The first-order valence-electron chi connectivity index (χ1n) is 9.27. The molecular weight excluding hydrogens is 374 g/mol. The molecule has 27 heavy (non-hydrogen) atoms. The number of likely N-dealkylation sites (tertiary alicyclic amines) is 1. The van der Waals surface area contributed by atoms with Crippen LogP contribution in [0.1, 0.15) is 18.1 Å².